The number of hydrogen-bond acceptors (Lipinski definition) is 3. The van der Waals surface area contributed by atoms with Gasteiger partial charge in [-0.15, -0.1) is 0 Å². The molecule has 0 radical (unpaired) electrons. The molecule has 0 aliphatic carbocycles. The third-order valence-corrected chi connectivity index (χ3v) is 5.45. The van der Waals surface area contributed by atoms with Crippen LogP contribution in [-0.4, -0.2) is 19.0 Å². The Morgan fingerprint density at radius 2 is 1.82 bits per heavy atom. The van der Waals surface area contributed by atoms with Gasteiger partial charge in [-0.3, -0.25) is 4.79 Å². The topological polar surface area (TPSA) is 45.5 Å². The van der Waals surface area contributed by atoms with E-state index in [-0.39, 0.29) is 11.7 Å². The third kappa shape index (κ3) is 4.23. The summed E-state index contributed by atoms with van der Waals surface area (Å²) >= 11 is 6.02. The van der Waals surface area contributed by atoms with E-state index < -0.39 is 0 Å². The first-order valence-electron chi connectivity index (χ1n) is 9.60. The van der Waals surface area contributed by atoms with Gasteiger partial charge >= 0.3 is 0 Å². The second kappa shape index (κ2) is 8.11. The summed E-state index contributed by atoms with van der Waals surface area (Å²) in [7, 11) is 0. The van der Waals surface area contributed by atoms with E-state index in [2.05, 4.69) is 29.3 Å². The molecular formula is C23H23ClN2O2. The van der Waals surface area contributed by atoms with E-state index in [0.717, 1.165) is 30.3 Å². The Bertz CT molecular complexity index is 957. The maximum Gasteiger partial charge on any atom is 0.291 e. The number of nitrogens with one attached hydrogen (secondary N) is 1. The Morgan fingerprint density at radius 1 is 1.07 bits per heavy atom. The average molecular weight is 395 g/mol. The largest absolute Gasteiger partial charge is 0.451 e. The lowest BCUT2D eigenvalue weighted by Gasteiger charge is -2.32. The van der Waals surface area contributed by atoms with Gasteiger partial charge in [-0.2, -0.15) is 0 Å². The number of anilines is 2. The molecule has 4 rings (SSSR count). The molecule has 0 unspecified atom stereocenters. The first-order valence-corrected chi connectivity index (χ1v) is 9.98. The van der Waals surface area contributed by atoms with Gasteiger partial charge in [0.2, 0.25) is 0 Å². The maximum atomic E-state index is 12.5. The molecule has 1 saturated heterocycles. The second-order valence-electron chi connectivity index (χ2n) is 7.34. The SMILES string of the molecule is CC1CCN(c2ccc(NC(=O)c3ccc(-c4cccc(Cl)c4)o3)cc2)CC1. The van der Waals surface area contributed by atoms with Crippen LogP contribution in [0.1, 0.15) is 30.3 Å². The molecule has 1 fully saturated rings. The van der Waals surface area contributed by atoms with Crippen molar-refractivity contribution in [3.05, 3.63) is 71.4 Å². The lowest BCUT2D eigenvalue weighted by atomic mass is 9.99. The third-order valence-electron chi connectivity index (χ3n) is 5.21. The van der Waals surface area contributed by atoms with Crippen molar-refractivity contribution in [2.45, 2.75) is 19.8 Å². The second-order valence-corrected chi connectivity index (χ2v) is 7.78. The number of amides is 1. The zero-order valence-electron chi connectivity index (χ0n) is 15.8. The Labute approximate surface area is 170 Å². The summed E-state index contributed by atoms with van der Waals surface area (Å²) in [4.78, 5) is 14.9. The van der Waals surface area contributed by atoms with Gasteiger partial charge in [-0.25, -0.2) is 0 Å². The fourth-order valence-electron chi connectivity index (χ4n) is 3.47. The number of carbonyl (C=O) groups excluding carboxylic acids is 1. The van der Waals surface area contributed by atoms with Gasteiger partial charge in [-0.05, 0) is 67.3 Å². The summed E-state index contributed by atoms with van der Waals surface area (Å²) in [5, 5.41) is 3.52. The van der Waals surface area contributed by atoms with Crippen molar-refractivity contribution in [3.63, 3.8) is 0 Å². The minimum absolute atomic E-state index is 0.268. The van der Waals surface area contributed by atoms with E-state index in [0.29, 0.717) is 10.8 Å². The van der Waals surface area contributed by atoms with Gasteiger partial charge in [0.1, 0.15) is 5.76 Å². The number of carbonyl (C=O) groups is 1. The van der Waals surface area contributed by atoms with E-state index in [9.17, 15) is 4.79 Å². The van der Waals surface area contributed by atoms with Gasteiger partial charge in [0.15, 0.2) is 5.76 Å². The number of piperidine rings is 1. The Balaban J connectivity index is 1.41. The number of hydrogen-bond donors (Lipinski definition) is 1. The molecule has 0 atom stereocenters. The van der Waals surface area contributed by atoms with Gasteiger partial charge in [-0.1, -0.05) is 30.7 Å². The maximum absolute atomic E-state index is 12.5. The monoisotopic (exact) mass is 394 g/mol. The Morgan fingerprint density at radius 3 is 2.54 bits per heavy atom. The summed E-state index contributed by atoms with van der Waals surface area (Å²) in [6, 6.07) is 18.8. The Kier molecular flexibility index (Phi) is 5.40. The molecule has 2 heterocycles. The van der Waals surface area contributed by atoms with E-state index in [1.54, 1.807) is 18.2 Å². The molecule has 1 N–H and O–H groups in total. The Hall–Kier alpha value is -2.72. The zero-order valence-corrected chi connectivity index (χ0v) is 16.6. The number of nitrogens with zero attached hydrogens (tertiary/aromatic N) is 1. The highest BCUT2D eigenvalue weighted by Gasteiger charge is 2.16. The van der Waals surface area contributed by atoms with Crippen molar-refractivity contribution in [2.75, 3.05) is 23.3 Å². The molecule has 0 saturated carbocycles. The smallest absolute Gasteiger partial charge is 0.291 e. The van der Waals surface area contributed by atoms with Crippen molar-refractivity contribution in [3.8, 4) is 11.3 Å². The first kappa shape index (κ1) is 18.6. The molecule has 1 aromatic heterocycles. The molecule has 2 aromatic carbocycles. The fraction of sp³-hybridized carbons (Fsp3) is 0.261. The van der Waals surface area contributed by atoms with Crippen LogP contribution in [0, 0.1) is 5.92 Å². The highest BCUT2D eigenvalue weighted by Crippen LogP contribution is 2.26. The molecule has 0 spiro atoms. The average Bonchev–Trinajstić information content (AvgIpc) is 3.20. The van der Waals surface area contributed by atoms with Crippen molar-refractivity contribution in [1.82, 2.24) is 0 Å². The molecule has 28 heavy (non-hydrogen) atoms. The zero-order chi connectivity index (χ0) is 19.5. The predicted molar refractivity (Wildman–Crippen MR) is 114 cm³/mol. The molecule has 144 valence electrons. The van der Waals surface area contributed by atoms with E-state index in [1.165, 1.54) is 18.5 Å². The van der Waals surface area contributed by atoms with Crippen LogP contribution in [0.5, 0.6) is 0 Å². The van der Waals surface area contributed by atoms with Gasteiger partial charge in [0, 0.05) is 35.1 Å². The molecule has 0 bridgehead atoms. The molecule has 1 amide bonds. The molecule has 1 aliphatic rings. The first-order chi connectivity index (χ1) is 13.6. The highest BCUT2D eigenvalue weighted by atomic mass is 35.5. The predicted octanol–water partition coefficient (Wildman–Crippen LogP) is 6.09. The highest BCUT2D eigenvalue weighted by molar-refractivity contribution is 6.30. The van der Waals surface area contributed by atoms with Crippen molar-refractivity contribution >= 4 is 28.9 Å². The molecular weight excluding hydrogens is 372 g/mol. The van der Waals surface area contributed by atoms with Crippen LogP contribution in [0.3, 0.4) is 0 Å². The van der Waals surface area contributed by atoms with Crippen LogP contribution in [0.15, 0.2) is 65.1 Å². The van der Waals surface area contributed by atoms with Gasteiger partial charge < -0.3 is 14.6 Å². The minimum atomic E-state index is -0.271. The van der Waals surface area contributed by atoms with Crippen LogP contribution in [0.25, 0.3) is 11.3 Å². The molecule has 4 nitrogen and oxygen atoms in total. The lowest BCUT2D eigenvalue weighted by molar-refractivity contribution is 0.0997. The molecule has 5 heteroatoms. The fourth-order valence-corrected chi connectivity index (χ4v) is 3.66. The molecule has 3 aromatic rings. The van der Waals surface area contributed by atoms with Crippen molar-refractivity contribution in [2.24, 2.45) is 5.92 Å². The summed E-state index contributed by atoms with van der Waals surface area (Å²) in [5.74, 6) is 1.42. The number of rotatable bonds is 4. The molecule has 1 aliphatic heterocycles. The van der Waals surface area contributed by atoms with E-state index >= 15 is 0 Å². The van der Waals surface area contributed by atoms with E-state index in [4.69, 9.17) is 16.0 Å². The summed E-state index contributed by atoms with van der Waals surface area (Å²) < 4.78 is 5.71. The van der Waals surface area contributed by atoms with E-state index in [1.807, 2.05) is 30.3 Å². The van der Waals surface area contributed by atoms with Crippen LogP contribution in [0.2, 0.25) is 5.02 Å². The van der Waals surface area contributed by atoms with Crippen molar-refractivity contribution in [1.29, 1.82) is 0 Å². The van der Waals surface area contributed by atoms with Gasteiger partial charge in [0.05, 0.1) is 0 Å². The number of benzene rings is 2. The van der Waals surface area contributed by atoms with Gasteiger partial charge in [0.25, 0.3) is 5.91 Å². The number of halogens is 1. The lowest BCUT2D eigenvalue weighted by Crippen LogP contribution is -2.32. The normalized spacial score (nSPS) is 14.9. The number of furan rings is 1. The minimum Gasteiger partial charge on any atom is -0.451 e. The summed E-state index contributed by atoms with van der Waals surface area (Å²) in [5.41, 5.74) is 2.79. The van der Waals surface area contributed by atoms with Crippen LogP contribution >= 0.6 is 11.6 Å². The summed E-state index contributed by atoms with van der Waals surface area (Å²) in [6.45, 7) is 4.49. The standard InChI is InChI=1S/C23H23ClN2O2/c1-16-11-13-26(14-12-16)20-7-5-19(6-8-20)25-23(27)22-10-9-21(28-22)17-3-2-4-18(24)15-17/h2-10,15-16H,11-14H2,1H3,(H,25,27). The van der Waals surface area contributed by atoms with Crippen LogP contribution in [0.4, 0.5) is 11.4 Å². The van der Waals surface area contributed by atoms with Crippen molar-refractivity contribution < 1.29 is 9.21 Å². The van der Waals surface area contributed by atoms with Crippen LogP contribution in [-0.2, 0) is 0 Å². The van der Waals surface area contributed by atoms with Crippen LogP contribution < -0.4 is 10.2 Å². The summed E-state index contributed by atoms with van der Waals surface area (Å²) in [6.07, 6.45) is 2.46. The quantitative estimate of drug-likeness (QED) is 0.582.